The molecule has 0 spiro atoms. The van der Waals surface area contributed by atoms with Crippen molar-refractivity contribution in [3.05, 3.63) is 102 Å². The molecule has 0 bridgehead atoms. The van der Waals surface area contributed by atoms with Gasteiger partial charge >= 0.3 is 0 Å². The maximum absolute atomic E-state index is 12.4. The molecule has 3 aromatic carbocycles. The lowest BCUT2D eigenvalue weighted by molar-refractivity contribution is 0.102. The maximum Gasteiger partial charge on any atom is 0.255 e. The number of anilines is 3. The van der Waals surface area contributed by atoms with Crippen LogP contribution in [0.15, 0.2) is 91.1 Å². The number of nitrogens with zero attached hydrogens (tertiary/aromatic N) is 2. The predicted molar refractivity (Wildman–Crippen MR) is 141 cm³/mol. The van der Waals surface area contributed by atoms with E-state index in [-0.39, 0.29) is 5.91 Å². The Morgan fingerprint density at radius 2 is 1.53 bits per heavy atom. The minimum atomic E-state index is -0.150. The van der Waals surface area contributed by atoms with Gasteiger partial charge in [0, 0.05) is 28.7 Å². The Morgan fingerprint density at radius 1 is 0.853 bits per heavy atom. The summed E-state index contributed by atoms with van der Waals surface area (Å²) in [4.78, 5) is 21.4. The number of hydrogen-bond donors (Lipinski definition) is 3. The van der Waals surface area contributed by atoms with E-state index in [9.17, 15) is 4.79 Å². The highest BCUT2D eigenvalue weighted by Crippen LogP contribution is 2.24. The smallest absolute Gasteiger partial charge is 0.255 e. The second-order valence-electron chi connectivity index (χ2n) is 7.56. The standard InChI is InChI=1S/C24H20N4O.C4H11N/c1-17-12-13-20(26-23(29)19-10-6-3-7-11-19)16-22(17)28-24-25-15-14-21(27-24)18-8-4-2-5-9-18;1-3-5-4-2/h2-16H,1H3,(H,26,29)(H,25,27,28);5H,3-4H2,1-2H3. The molecule has 34 heavy (non-hydrogen) atoms. The van der Waals surface area contributed by atoms with Crippen molar-refractivity contribution in [3.63, 3.8) is 0 Å². The highest BCUT2D eigenvalue weighted by Gasteiger charge is 2.08. The Kier molecular flexibility index (Phi) is 9.31. The minimum absolute atomic E-state index is 0.150. The molecule has 6 heteroatoms. The third-order valence-corrected chi connectivity index (χ3v) is 5.00. The third kappa shape index (κ3) is 7.25. The molecule has 0 fully saturated rings. The molecule has 0 saturated carbocycles. The molecular formula is C28H31N5O. The number of rotatable bonds is 7. The zero-order chi connectivity index (χ0) is 24.2. The van der Waals surface area contributed by atoms with E-state index in [1.807, 2.05) is 79.7 Å². The summed E-state index contributed by atoms with van der Waals surface area (Å²) in [5, 5.41) is 9.30. The molecule has 0 aliphatic heterocycles. The molecule has 0 atom stereocenters. The van der Waals surface area contributed by atoms with Gasteiger partial charge < -0.3 is 16.0 Å². The molecule has 0 aliphatic rings. The summed E-state index contributed by atoms with van der Waals surface area (Å²) in [5.41, 5.74) is 5.04. The molecule has 0 radical (unpaired) electrons. The second-order valence-corrected chi connectivity index (χ2v) is 7.56. The third-order valence-electron chi connectivity index (χ3n) is 5.00. The number of carbonyl (C=O) groups is 1. The van der Waals surface area contributed by atoms with Crippen molar-refractivity contribution in [2.75, 3.05) is 23.7 Å². The fourth-order valence-corrected chi connectivity index (χ4v) is 3.19. The van der Waals surface area contributed by atoms with Gasteiger partial charge in [0.15, 0.2) is 0 Å². The predicted octanol–water partition coefficient (Wildman–Crippen LogP) is 6.06. The Labute approximate surface area is 201 Å². The zero-order valence-electron chi connectivity index (χ0n) is 19.9. The summed E-state index contributed by atoms with van der Waals surface area (Å²) in [6, 6.07) is 26.7. The lowest BCUT2D eigenvalue weighted by Crippen LogP contribution is -2.12. The first-order chi connectivity index (χ1) is 16.6. The van der Waals surface area contributed by atoms with Gasteiger partial charge in [-0.05, 0) is 55.9 Å². The largest absolute Gasteiger partial charge is 0.324 e. The molecule has 1 aromatic heterocycles. The monoisotopic (exact) mass is 453 g/mol. The molecule has 1 heterocycles. The Morgan fingerprint density at radius 3 is 2.18 bits per heavy atom. The van der Waals surface area contributed by atoms with Gasteiger partial charge in [-0.2, -0.15) is 0 Å². The average molecular weight is 454 g/mol. The number of hydrogen-bond acceptors (Lipinski definition) is 5. The van der Waals surface area contributed by atoms with Crippen LogP contribution in [0.5, 0.6) is 0 Å². The molecule has 6 nitrogen and oxygen atoms in total. The number of aryl methyl sites for hydroxylation is 1. The quantitative estimate of drug-likeness (QED) is 0.317. The van der Waals surface area contributed by atoms with Crippen LogP contribution in [0.3, 0.4) is 0 Å². The van der Waals surface area contributed by atoms with Crippen LogP contribution in [-0.4, -0.2) is 29.0 Å². The van der Waals surface area contributed by atoms with Crippen molar-refractivity contribution < 1.29 is 4.79 Å². The zero-order valence-corrected chi connectivity index (χ0v) is 19.9. The Bertz CT molecular complexity index is 1180. The fourth-order valence-electron chi connectivity index (χ4n) is 3.19. The van der Waals surface area contributed by atoms with Crippen LogP contribution < -0.4 is 16.0 Å². The van der Waals surface area contributed by atoms with Crippen LogP contribution in [0, 0.1) is 6.92 Å². The number of amides is 1. The number of nitrogens with one attached hydrogen (secondary N) is 3. The summed E-state index contributed by atoms with van der Waals surface area (Å²) < 4.78 is 0. The van der Waals surface area contributed by atoms with Crippen LogP contribution in [-0.2, 0) is 0 Å². The first kappa shape index (κ1) is 24.6. The Hall–Kier alpha value is -4.03. The molecule has 174 valence electrons. The van der Waals surface area contributed by atoms with E-state index in [1.54, 1.807) is 18.3 Å². The molecular weight excluding hydrogens is 422 g/mol. The van der Waals surface area contributed by atoms with E-state index < -0.39 is 0 Å². The van der Waals surface area contributed by atoms with Gasteiger partial charge in [-0.3, -0.25) is 4.79 Å². The van der Waals surface area contributed by atoms with E-state index in [4.69, 9.17) is 0 Å². The van der Waals surface area contributed by atoms with Gasteiger partial charge in [0.2, 0.25) is 5.95 Å². The molecule has 0 saturated heterocycles. The van der Waals surface area contributed by atoms with Gasteiger partial charge in [-0.15, -0.1) is 0 Å². The first-order valence-electron chi connectivity index (χ1n) is 11.4. The maximum atomic E-state index is 12.4. The molecule has 1 amide bonds. The molecule has 0 aliphatic carbocycles. The average Bonchev–Trinajstić information content (AvgIpc) is 2.88. The van der Waals surface area contributed by atoms with Crippen LogP contribution in [0.1, 0.15) is 29.8 Å². The second kappa shape index (κ2) is 12.9. The summed E-state index contributed by atoms with van der Waals surface area (Å²) >= 11 is 0. The minimum Gasteiger partial charge on any atom is -0.324 e. The highest BCUT2D eigenvalue weighted by atomic mass is 16.1. The van der Waals surface area contributed by atoms with Crippen molar-refractivity contribution in [2.45, 2.75) is 20.8 Å². The molecule has 4 rings (SSSR count). The van der Waals surface area contributed by atoms with Crippen LogP contribution in [0.25, 0.3) is 11.3 Å². The highest BCUT2D eigenvalue weighted by molar-refractivity contribution is 6.04. The van der Waals surface area contributed by atoms with E-state index in [1.165, 1.54) is 0 Å². The van der Waals surface area contributed by atoms with Crippen molar-refractivity contribution in [1.29, 1.82) is 0 Å². The van der Waals surface area contributed by atoms with Crippen LogP contribution >= 0.6 is 0 Å². The summed E-state index contributed by atoms with van der Waals surface area (Å²) in [7, 11) is 0. The van der Waals surface area contributed by atoms with E-state index in [0.29, 0.717) is 17.2 Å². The molecule has 0 unspecified atom stereocenters. The van der Waals surface area contributed by atoms with Gasteiger partial charge in [-0.1, -0.05) is 68.4 Å². The lowest BCUT2D eigenvalue weighted by Gasteiger charge is -2.12. The van der Waals surface area contributed by atoms with Gasteiger partial charge in [0.05, 0.1) is 5.69 Å². The van der Waals surface area contributed by atoms with Crippen molar-refractivity contribution >= 4 is 23.2 Å². The summed E-state index contributed by atoms with van der Waals surface area (Å²) in [6.45, 7) is 8.38. The summed E-state index contributed by atoms with van der Waals surface area (Å²) in [6.07, 6.45) is 1.73. The van der Waals surface area contributed by atoms with Gasteiger partial charge in [0.25, 0.3) is 5.91 Å². The SMILES string of the molecule is CCNCC.Cc1ccc(NC(=O)c2ccccc2)cc1Nc1nccc(-c2ccccc2)n1. The summed E-state index contributed by atoms with van der Waals surface area (Å²) in [5.74, 6) is 0.351. The lowest BCUT2D eigenvalue weighted by atomic mass is 10.1. The Balaban J connectivity index is 0.000000588. The molecule has 4 aromatic rings. The van der Waals surface area contributed by atoms with E-state index >= 15 is 0 Å². The van der Waals surface area contributed by atoms with Crippen molar-refractivity contribution in [1.82, 2.24) is 15.3 Å². The van der Waals surface area contributed by atoms with Crippen molar-refractivity contribution in [3.8, 4) is 11.3 Å². The normalized spacial score (nSPS) is 10.1. The first-order valence-corrected chi connectivity index (χ1v) is 11.4. The van der Waals surface area contributed by atoms with Gasteiger partial charge in [-0.25, -0.2) is 9.97 Å². The topological polar surface area (TPSA) is 78.9 Å². The van der Waals surface area contributed by atoms with Crippen molar-refractivity contribution in [2.24, 2.45) is 0 Å². The molecule has 3 N–H and O–H groups in total. The number of carbonyl (C=O) groups excluding carboxylic acids is 1. The number of aromatic nitrogens is 2. The number of benzene rings is 3. The van der Waals surface area contributed by atoms with Crippen LogP contribution in [0.4, 0.5) is 17.3 Å². The van der Waals surface area contributed by atoms with E-state index in [2.05, 4.69) is 39.8 Å². The van der Waals surface area contributed by atoms with Gasteiger partial charge in [0.1, 0.15) is 0 Å². The van der Waals surface area contributed by atoms with Crippen LogP contribution in [0.2, 0.25) is 0 Å². The van der Waals surface area contributed by atoms with E-state index in [0.717, 1.165) is 35.6 Å². The fraction of sp³-hybridized carbons (Fsp3) is 0.179.